The number of rotatable bonds is 16. The van der Waals surface area contributed by atoms with Gasteiger partial charge in [-0.1, -0.05) is 116 Å². The minimum atomic E-state index is -1.18. The van der Waals surface area contributed by atoms with E-state index in [1.807, 2.05) is 88.4 Å². The van der Waals surface area contributed by atoms with Crippen LogP contribution in [0.1, 0.15) is 131 Å². The molecule has 0 spiro atoms. The summed E-state index contributed by atoms with van der Waals surface area (Å²) in [4.78, 5) is 158. The van der Waals surface area contributed by atoms with Crippen LogP contribution in [0, 0.1) is 23.7 Å². The fraction of sp³-hybridized carbons (Fsp3) is 0.656. The molecule has 86 heavy (non-hydrogen) atoms. The molecule has 3 aliphatic heterocycles. The molecule has 8 N–H and O–H groups in total. The van der Waals surface area contributed by atoms with Crippen LogP contribution in [0.4, 0.5) is 0 Å². The fourth-order valence-electron chi connectivity index (χ4n) is 12.1. The second-order valence-corrected chi connectivity index (χ2v) is 25.3. The molecule has 0 aliphatic carbocycles. The number of nitrogens with two attached hydrogens (primary N) is 2. The Labute approximate surface area is 510 Å². The van der Waals surface area contributed by atoms with E-state index < -0.39 is 131 Å². The highest BCUT2D eigenvalue weighted by molar-refractivity contribution is 6.00. The summed E-state index contributed by atoms with van der Waals surface area (Å²) in [5, 5.41) is 11.8. The topological polar surface area (TPSA) is 290 Å². The van der Waals surface area contributed by atoms with Gasteiger partial charge in [-0.05, 0) is 112 Å². The Balaban J connectivity index is 1.66. The first kappa shape index (κ1) is 69.8. The summed E-state index contributed by atoms with van der Waals surface area (Å²) >= 11 is 0. The van der Waals surface area contributed by atoms with Crippen LogP contribution in [0.5, 0.6) is 0 Å². The second-order valence-electron chi connectivity index (χ2n) is 25.3. The van der Waals surface area contributed by atoms with Crippen LogP contribution >= 0.6 is 0 Å². The number of hydrogen-bond acceptors (Lipinski definition) is 12. The van der Waals surface area contributed by atoms with Gasteiger partial charge in [0.25, 0.3) is 0 Å². The normalized spacial score (nSPS) is 26.4. The number of nitrogens with zero attached hydrogens (tertiary/aromatic N) is 6. The van der Waals surface area contributed by atoms with Crippen molar-refractivity contribution < 1.29 is 47.9 Å². The molecule has 22 heteroatoms. The monoisotopic (exact) mass is 1200 g/mol. The Kier molecular flexibility index (Phi) is 26.6. The van der Waals surface area contributed by atoms with Gasteiger partial charge in [0.2, 0.25) is 59.1 Å². The van der Waals surface area contributed by atoms with Gasteiger partial charge in [0.15, 0.2) is 0 Å². The summed E-state index contributed by atoms with van der Waals surface area (Å²) < 4.78 is 0. The number of likely N-dealkylation sites (N-methyl/N-ethyl adjacent to an activating group) is 4. The Bertz CT molecular complexity index is 2460. The number of amides is 10. The zero-order chi connectivity index (χ0) is 63.7. The number of benzene rings is 2. The Morgan fingerprint density at radius 1 is 0.430 bits per heavy atom. The molecule has 10 atom stereocenters. The molecule has 0 aromatic heterocycles. The van der Waals surface area contributed by atoms with E-state index in [2.05, 4.69) is 21.3 Å². The van der Waals surface area contributed by atoms with E-state index >= 15 is 19.2 Å². The maximum atomic E-state index is 15.3. The zero-order valence-corrected chi connectivity index (χ0v) is 53.1. The van der Waals surface area contributed by atoms with Gasteiger partial charge in [-0.25, -0.2) is 0 Å². The summed E-state index contributed by atoms with van der Waals surface area (Å²) in [6, 6.07) is 6.79. The third-order valence-corrected chi connectivity index (χ3v) is 17.1. The van der Waals surface area contributed by atoms with Gasteiger partial charge in [-0.2, -0.15) is 0 Å². The molecule has 0 saturated carbocycles. The van der Waals surface area contributed by atoms with Crippen molar-refractivity contribution in [1.82, 2.24) is 50.7 Å². The lowest BCUT2D eigenvalue weighted by Crippen LogP contribution is -2.62. The van der Waals surface area contributed by atoms with Crippen LogP contribution in [-0.2, 0) is 60.8 Å². The van der Waals surface area contributed by atoms with Crippen LogP contribution in [0.2, 0.25) is 0 Å². The largest absolute Gasteiger partial charge is 0.342 e. The molecule has 0 bridgehead atoms. The smallest absolute Gasteiger partial charge is 0.246 e. The molecule has 2 aromatic rings. The van der Waals surface area contributed by atoms with Crippen molar-refractivity contribution >= 4 is 59.1 Å². The molecular formula is C64H100N12O10. The standard InChI is InChI=1S/C64H100N12O10/c1-39(2)35-45-59(81)73(11)51(37-43-23-15-13-16-24-43)61(83)75-33-21-29-49(75)57(79)70-54(42(7)8)64(86)72(10)48(28-20-32-66)56(78)68-46(36-40(3)4)60(82)74(12)52(38-44-25-17-14-18-26-44)62(84)76-34-22-30-50(76)58(80)69-53(41(5)6)63(85)71(9)47(27-19-31-65)55(77)67-45/h13-18,23-26,39-42,45-54H,19-22,27-38,65-66H2,1-12H3,(H,67,77)(H,68,78)(H,69,80)(H,70,79)/t45-,46-,47-,48-,49-,50-,51+,52+,53-,54-/m0/s1. The van der Waals surface area contributed by atoms with Gasteiger partial charge in [0.05, 0.1) is 0 Å². The first-order chi connectivity index (χ1) is 40.7. The molecule has 0 radical (unpaired) electrons. The number of hydrogen-bond donors (Lipinski definition) is 6. The average Bonchev–Trinajstić information content (AvgIpc) is 3.44. The number of carbonyl (C=O) groups is 10. The first-order valence-electron chi connectivity index (χ1n) is 31.1. The highest BCUT2D eigenvalue weighted by atomic mass is 16.2. The van der Waals surface area contributed by atoms with Gasteiger partial charge in [-0.15, -0.1) is 0 Å². The van der Waals surface area contributed by atoms with Gasteiger partial charge in [0, 0.05) is 54.1 Å². The van der Waals surface area contributed by atoms with Crippen LogP contribution < -0.4 is 32.7 Å². The molecule has 22 nitrogen and oxygen atoms in total. The molecular weight excluding hydrogens is 1100 g/mol. The number of nitrogens with one attached hydrogen (secondary N) is 4. The van der Waals surface area contributed by atoms with Gasteiger partial charge >= 0.3 is 0 Å². The minimum Gasteiger partial charge on any atom is -0.342 e. The fourth-order valence-corrected chi connectivity index (χ4v) is 12.1. The van der Waals surface area contributed by atoms with Crippen molar-refractivity contribution in [2.75, 3.05) is 54.4 Å². The van der Waals surface area contributed by atoms with E-state index in [4.69, 9.17) is 11.5 Å². The summed E-state index contributed by atoms with van der Waals surface area (Å²) in [5.74, 6) is -7.14. The molecule has 10 amide bonds. The van der Waals surface area contributed by atoms with Crippen LogP contribution in [0.15, 0.2) is 60.7 Å². The molecule has 3 saturated heterocycles. The van der Waals surface area contributed by atoms with E-state index in [-0.39, 0.29) is 89.4 Å². The zero-order valence-electron chi connectivity index (χ0n) is 53.1. The lowest BCUT2D eigenvalue weighted by atomic mass is 9.97. The van der Waals surface area contributed by atoms with Gasteiger partial charge < -0.3 is 62.1 Å². The summed E-state index contributed by atoms with van der Waals surface area (Å²) in [5.41, 5.74) is 13.5. The maximum absolute atomic E-state index is 15.3. The Hall–Kier alpha value is -6.94. The average molecular weight is 1200 g/mol. The summed E-state index contributed by atoms with van der Waals surface area (Å²) in [6.45, 7) is 15.3. The summed E-state index contributed by atoms with van der Waals surface area (Å²) in [6.07, 6.45) is 2.65. The van der Waals surface area contributed by atoms with E-state index in [0.29, 0.717) is 25.7 Å². The molecule has 3 aliphatic rings. The van der Waals surface area contributed by atoms with Crippen molar-refractivity contribution in [3.63, 3.8) is 0 Å². The van der Waals surface area contributed by atoms with Crippen molar-refractivity contribution in [2.45, 2.75) is 193 Å². The summed E-state index contributed by atoms with van der Waals surface area (Å²) in [7, 11) is 5.94. The predicted octanol–water partition coefficient (Wildman–Crippen LogP) is 2.60. The minimum absolute atomic E-state index is 0.0544. The lowest BCUT2D eigenvalue weighted by molar-refractivity contribution is -0.151. The predicted molar refractivity (Wildman–Crippen MR) is 329 cm³/mol. The van der Waals surface area contributed by atoms with Crippen LogP contribution in [0.3, 0.4) is 0 Å². The van der Waals surface area contributed by atoms with Crippen molar-refractivity contribution in [3.05, 3.63) is 71.8 Å². The van der Waals surface area contributed by atoms with E-state index in [1.165, 1.54) is 57.6 Å². The van der Waals surface area contributed by atoms with E-state index in [0.717, 1.165) is 11.1 Å². The second kappa shape index (κ2) is 32.7. The lowest BCUT2D eigenvalue weighted by Gasteiger charge is -2.38. The quantitative estimate of drug-likeness (QED) is 0.142. The highest BCUT2D eigenvalue weighted by Gasteiger charge is 2.46. The molecule has 0 unspecified atom stereocenters. The molecule has 3 fully saturated rings. The van der Waals surface area contributed by atoms with Gasteiger partial charge in [-0.3, -0.25) is 47.9 Å². The van der Waals surface area contributed by atoms with Crippen LogP contribution in [0.25, 0.3) is 0 Å². The first-order valence-corrected chi connectivity index (χ1v) is 31.1. The van der Waals surface area contributed by atoms with Crippen molar-refractivity contribution in [3.8, 4) is 0 Å². The number of carbonyl (C=O) groups excluding carboxylic acids is 10. The van der Waals surface area contributed by atoms with Crippen LogP contribution in [-0.4, -0.2) is 203 Å². The van der Waals surface area contributed by atoms with Crippen molar-refractivity contribution in [2.24, 2.45) is 35.1 Å². The van der Waals surface area contributed by atoms with Gasteiger partial charge in [0.1, 0.15) is 60.4 Å². The third-order valence-electron chi connectivity index (χ3n) is 17.1. The number of fused-ring (bicyclic) bond motifs is 2. The van der Waals surface area contributed by atoms with E-state index in [9.17, 15) is 28.8 Å². The maximum Gasteiger partial charge on any atom is 0.246 e. The Morgan fingerprint density at radius 2 is 0.756 bits per heavy atom. The Morgan fingerprint density at radius 3 is 1.06 bits per heavy atom. The highest BCUT2D eigenvalue weighted by Crippen LogP contribution is 2.27. The molecule has 476 valence electrons. The third kappa shape index (κ3) is 18.1. The molecule has 3 heterocycles. The molecule has 2 aromatic carbocycles. The SMILES string of the molecule is CC(C)C[C@@H]1NC(=O)[C@H](CCCN)N(C)C(=O)[C@H](C(C)C)NC(=O)[C@@H]2CCCN2C(=O)[C@@H](Cc2ccccc2)N(C)C(=O)[C@H](CC(C)C)NC(=O)[C@H](CCCN)N(C)C(=O)[C@H](C(C)C)NC(=O)[C@@H]2CCCN2C(=O)[C@@H](Cc2ccccc2)N(C)C1=O. The van der Waals surface area contributed by atoms with E-state index in [1.54, 1.807) is 27.7 Å². The van der Waals surface area contributed by atoms with Crippen molar-refractivity contribution in [1.29, 1.82) is 0 Å². The molecule has 5 rings (SSSR count).